The first kappa shape index (κ1) is 20.1. The molecule has 6 nitrogen and oxygen atoms in total. The number of hydrogen-bond donors (Lipinski definition) is 1. The highest BCUT2D eigenvalue weighted by atomic mass is 35.5. The molecular formula is C19H16ClN3O3S2. The van der Waals surface area contributed by atoms with Gasteiger partial charge in [0.2, 0.25) is 0 Å². The molecule has 1 heterocycles. The lowest BCUT2D eigenvalue weighted by Gasteiger charge is -2.23. The minimum Gasteiger partial charge on any atom is -0.271 e. The lowest BCUT2D eigenvalue weighted by molar-refractivity contribution is -0.119. The van der Waals surface area contributed by atoms with Crippen molar-refractivity contribution in [2.75, 3.05) is 10.8 Å². The molecule has 144 valence electrons. The maximum Gasteiger partial charge on any atom is 0.264 e. The van der Waals surface area contributed by atoms with Gasteiger partial charge in [0, 0.05) is 9.90 Å². The Hall–Kier alpha value is -2.68. The van der Waals surface area contributed by atoms with Crippen molar-refractivity contribution < 1.29 is 13.2 Å². The van der Waals surface area contributed by atoms with Crippen molar-refractivity contribution in [2.24, 2.45) is 5.10 Å². The zero-order chi connectivity index (χ0) is 20.0. The molecule has 0 bridgehead atoms. The molecule has 0 radical (unpaired) electrons. The minimum atomic E-state index is -3.97. The first-order valence-electron chi connectivity index (χ1n) is 8.15. The third-order valence-corrected chi connectivity index (χ3v) is 6.50. The molecular weight excluding hydrogens is 418 g/mol. The Bertz CT molecular complexity index is 1050. The summed E-state index contributed by atoms with van der Waals surface area (Å²) >= 11 is 7.32. The smallest absolute Gasteiger partial charge is 0.264 e. The number of halogens is 1. The molecule has 0 aliphatic rings. The number of sulfonamides is 1. The van der Waals surface area contributed by atoms with Gasteiger partial charge in [-0.3, -0.25) is 9.10 Å². The van der Waals surface area contributed by atoms with Crippen LogP contribution in [0.1, 0.15) is 4.88 Å². The summed E-state index contributed by atoms with van der Waals surface area (Å²) in [5.41, 5.74) is 2.73. The third kappa shape index (κ3) is 4.98. The van der Waals surface area contributed by atoms with Crippen LogP contribution in [-0.2, 0) is 14.8 Å². The van der Waals surface area contributed by atoms with Gasteiger partial charge in [-0.05, 0) is 47.8 Å². The van der Waals surface area contributed by atoms with Gasteiger partial charge in [0.25, 0.3) is 15.9 Å². The van der Waals surface area contributed by atoms with Crippen molar-refractivity contribution in [3.63, 3.8) is 0 Å². The standard InChI is InChI=1S/C19H16ClN3O3S2/c20-15-8-10-18(11-9-15)28(25,26)23(16-5-2-1-3-6-16)14-19(24)22-21-13-17-7-4-12-27-17/h1-13H,14H2,(H,22,24)/b21-13-. The van der Waals surface area contributed by atoms with Gasteiger partial charge in [0.1, 0.15) is 6.54 Å². The van der Waals surface area contributed by atoms with E-state index in [4.69, 9.17) is 11.6 Å². The SMILES string of the molecule is O=C(CN(c1ccccc1)S(=O)(=O)c1ccc(Cl)cc1)N/N=C\c1cccs1. The Morgan fingerprint density at radius 1 is 1.07 bits per heavy atom. The Morgan fingerprint density at radius 3 is 2.43 bits per heavy atom. The van der Waals surface area contributed by atoms with Gasteiger partial charge < -0.3 is 0 Å². The molecule has 1 N–H and O–H groups in total. The van der Waals surface area contributed by atoms with Gasteiger partial charge >= 0.3 is 0 Å². The summed E-state index contributed by atoms with van der Waals surface area (Å²) in [6.07, 6.45) is 1.50. The second-order valence-electron chi connectivity index (χ2n) is 5.61. The molecule has 0 aliphatic heterocycles. The van der Waals surface area contributed by atoms with Gasteiger partial charge in [0.15, 0.2) is 0 Å². The van der Waals surface area contributed by atoms with E-state index >= 15 is 0 Å². The van der Waals surface area contributed by atoms with Gasteiger partial charge in [-0.25, -0.2) is 13.8 Å². The topological polar surface area (TPSA) is 78.8 Å². The number of hydrazone groups is 1. The number of carbonyl (C=O) groups is 1. The Balaban J connectivity index is 1.83. The number of nitrogens with one attached hydrogen (secondary N) is 1. The molecule has 3 rings (SSSR count). The predicted molar refractivity (Wildman–Crippen MR) is 112 cm³/mol. The van der Waals surface area contributed by atoms with Gasteiger partial charge in [-0.2, -0.15) is 5.10 Å². The molecule has 1 aromatic heterocycles. The number of para-hydroxylation sites is 1. The van der Waals surface area contributed by atoms with Crippen LogP contribution in [-0.4, -0.2) is 27.1 Å². The van der Waals surface area contributed by atoms with Crippen molar-refractivity contribution in [1.82, 2.24) is 5.43 Å². The number of thiophene rings is 1. The highest BCUT2D eigenvalue weighted by Gasteiger charge is 2.27. The molecule has 0 atom stereocenters. The minimum absolute atomic E-state index is 0.0376. The van der Waals surface area contributed by atoms with Crippen LogP contribution in [0.2, 0.25) is 5.02 Å². The van der Waals surface area contributed by atoms with E-state index in [-0.39, 0.29) is 4.90 Å². The quantitative estimate of drug-likeness (QED) is 0.455. The summed E-state index contributed by atoms with van der Waals surface area (Å²) in [6, 6.07) is 17.9. The molecule has 0 unspecified atom stereocenters. The van der Waals surface area contributed by atoms with Crippen molar-refractivity contribution in [2.45, 2.75) is 4.90 Å². The van der Waals surface area contributed by atoms with Crippen LogP contribution < -0.4 is 9.73 Å². The van der Waals surface area contributed by atoms with E-state index < -0.39 is 22.5 Å². The van der Waals surface area contributed by atoms with Gasteiger partial charge in [-0.15, -0.1) is 11.3 Å². The number of benzene rings is 2. The second kappa shape index (κ2) is 9.01. The monoisotopic (exact) mass is 433 g/mol. The summed E-state index contributed by atoms with van der Waals surface area (Å²) in [7, 11) is -3.97. The number of nitrogens with zero attached hydrogens (tertiary/aromatic N) is 2. The van der Waals surface area contributed by atoms with Crippen LogP contribution in [0.25, 0.3) is 0 Å². The van der Waals surface area contributed by atoms with Crippen molar-refractivity contribution >= 4 is 50.8 Å². The van der Waals surface area contributed by atoms with Crippen LogP contribution in [0.5, 0.6) is 0 Å². The fourth-order valence-electron chi connectivity index (χ4n) is 2.34. The average Bonchev–Trinajstić information content (AvgIpc) is 3.20. The molecule has 28 heavy (non-hydrogen) atoms. The molecule has 3 aromatic rings. The maximum atomic E-state index is 13.1. The van der Waals surface area contributed by atoms with Gasteiger partial charge in [0.05, 0.1) is 16.8 Å². The summed E-state index contributed by atoms with van der Waals surface area (Å²) in [5, 5.41) is 6.18. The van der Waals surface area contributed by atoms with E-state index in [1.54, 1.807) is 30.3 Å². The van der Waals surface area contributed by atoms with Crippen molar-refractivity contribution in [3.05, 3.63) is 82.0 Å². The van der Waals surface area contributed by atoms with Crippen LogP contribution in [0, 0.1) is 0 Å². The summed E-state index contributed by atoms with van der Waals surface area (Å²) in [5.74, 6) is -0.561. The number of amides is 1. The van der Waals surface area contributed by atoms with Crippen molar-refractivity contribution in [1.29, 1.82) is 0 Å². The van der Waals surface area contributed by atoms with Gasteiger partial charge in [-0.1, -0.05) is 35.9 Å². The lowest BCUT2D eigenvalue weighted by Crippen LogP contribution is -2.39. The third-order valence-electron chi connectivity index (χ3n) is 3.66. The number of carbonyl (C=O) groups excluding carboxylic acids is 1. The molecule has 0 saturated carbocycles. The lowest BCUT2D eigenvalue weighted by atomic mass is 10.3. The summed E-state index contributed by atoms with van der Waals surface area (Å²) in [4.78, 5) is 13.2. The van der Waals surface area contributed by atoms with E-state index in [2.05, 4.69) is 10.5 Å². The molecule has 2 aromatic carbocycles. The molecule has 9 heteroatoms. The van der Waals surface area contributed by atoms with E-state index in [0.29, 0.717) is 10.7 Å². The number of hydrogen-bond acceptors (Lipinski definition) is 5. The molecule has 0 aliphatic carbocycles. The van der Waals surface area contributed by atoms with Crippen LogP contribution in [0.3, 0.4) is 0 Å². The summed E-state index contributed by atoms with van der Waals surface area (Å²) < 4.78 is 27.2. The second-order valence-corrected chi connectivity index (χ2v) is 8.89. The Kier molecular flexibility index (Phi) is 6.45. The fraction of sp³-hybridized carbons (Fsp3) is 0.0526. The zero-order valence-electron chi connectivity index (χ0n) is 14.5. The average molecular weight is 434 g/mol. The molecule has 0 fully saturated rings. The predicted octanol–water partition coefficient (Wildman–Crippen LogP) is 3.75. The van der Waals surface area contributed by atoms with E-state index in [0.717, 1.165) is 9.18 Å². The highest BCUT2D eigenvalue weighted by Crippen LogP contribution is 2.24. The Morgan fingerprint density at radius 2 is 1.79 bits per heavy atom. The number of rotatable bonds is 7. The van der Waals surface area contributed by atoms with Crippen LogP contribution in [0.15, 0.2) is 82.1 Å². The first-order valence-corrected chi connectivity index (χ1v) is 10.9. The fourth-order valence-corrected chi connectivity index (χ4v) is 4.47. The van der Waals surface area contributed by atoms with Crippen LogP contribution >= 0.6 is 22.9 Å². The molecule has 1 amide bonds. The van der Waals surface area contributed by atoms with E-state index in [1.165, 1.54) is 41.8 Å². The van der Waals surface area contributed by atoms with E-state index in [9.17, 15) is 13.2 Å². The highest BCUT2D eigenvalue weighted by molar-refractivity contribution is 7.92. The number of anilines is 1. The molecule has 0 saturated heterocycles. The zero-order valence-corrected chi connectivity index (χ0v) is 16.9. The normalized spacial score (nSPS) is 11.5. The van der Waals surface area contributed by atoms with Crippen molar-refractivity contribution in [3.8, 4) is 0 Å². The molecule has 0 spiro atoms. The first-order chi connectivity index (χ1) is 13.5. The maximum absolute atomic E-state index is 13.1. The summed E-state index contributed by atoms with van der Waals surface area (Å²) in [6.45, 7) is -0.420. The Labute approximate surface area is 172 Å². The van der Waals surface area contributed by atoms with Crippen LogP contribution in [0.4, 0.5) is 5.69 Å². The van der Waals surface area contributed by atoms with E-state index in [1.807, 2.05) is 17.5 Å². The largest absolute Gasteiger partial charge is 0.271 e.